The Labute approximate surface area is 196 Å². The molecule has 1 unspecified atom stereocenters. The SMILES string of the molecule is COc1cc2c(cc1OC)C1=C(C3C=C4OCOC4=CC3=CC1)N(C)C2.O=C(O)/C=C/C(=O)O. The maximum absolute atomic E-state index is 9.55. The van der Waals surface area contributed by atoms with Gasteiger partial charge < -0.3 is 34.1 Å². The molecule has 1 aromatic carbocycles. The largest absolute Gasteiger partial charge is 0.493 e. The van der Waals surface area contributed by atoms with Crippen LogP contribution in [0.1, 0.15) is 17.5 Å². The quantitative estimate of drug-likeness (QED) is 0.644. The normalized spacial score (nSPS) is 19.6. The van der Waals surface area contributed by atoms with Crippen LogP contribution < -0.4 is 9.47 Å². The Morgan fingerprint density at radius 3 is 2.35 bits per heavy atom. The van der Waals surface area contributed by atoms with Crippen LogP contribution in [0.25, 0.3) is 5.57 Å². The molecule has 1 fully saturated rings. The van der Waals surface area contributed by atoms with E-state index in [9.17, 15) is 9.59 Å². The topological polar surface area (TPSA) is 115 Å². The van der Waals surface area contributed by atoms with Crippen LogP contribution in [-0.2, 0) is 25.6 Å². The molecule has 0 radical (unpaired) electrons. The van der Waals surface area contributed by atoms with Gasteiger partial charge in [-0.3, -0.25) is 0 Å². The van der Waals surface area contributed by atoms with E-state index in [1.54, 1.807) is 14.2 Å². The summed E-state index contributed by atoms with van der Waals surface area (Å²) in [6.45, 7) is 1.15. The second kappa shape index (κ2) is 9.38. The van der Waals surface area contributed by atoms with E-state index in [4.69, 9.17) is 29.2 Å². The van der Waals surface area contributed by atoms with Crippen molar-refractivity contribution in [3.05, 3.63) is 76.4 Å². The fourth-order valence-electron chi connectivity index (χ4n) is 4.50. The van der Waals surface area contributed by atoms with Crippen LogP contribution in [0.2, 0.25) is 0 Å². The molecular formula is C25H25NO8. The smallest absolute Gasteiger partial charge is 0.328 e. The van der Waals surface area contributed by atoms with Gasteiger partial charge in [0.2, 0.25) is 6.79 Å². The van der Waals surface area contributed by atoms with Gasteiger partial charge in [0.25, 0.3) is 0 Å². The minimum atomic E-state index is -1.26. The summed E-state index contributed by atoms with van der Waals surface area (Å²) in [6.07, 6.45) is 8.61. The number of carboxylic acids is 2. The van der Waals surface area contributed by atoms with E-state index >= 15 is 0 Å². The van der Waals surface area contributed by atoms with E-state index in [2.05, 4.69) is 42.3 Å². The summed E-state index contributed by atoms with van der Waals surface area (Å²) in [5.74, 6) is 0.938. The van der Waals surface area contributed by atoms with Crippen molar-refractivity contribution in [1.29, 1.82) is 0 Å². The molecule has 2 aliphatic heterocycles. The minimum absolute atomic E-state index is 0.199. The fraction of sp³-hybridized carbons (Fsp3) is 0.280. The number of benzene rings is 1. The summed E-state index contributed by atoms with van der Waals surface area (Å²) in [6, 6.07) is 4.21. The van der Waals surface area contributed by atoms with E-state index < -0.39 is 11.9 Å². The van der Waals surface area contributed by atoms with E-state index in [1.165, 1.54) is 28.0 Å². The highest BCUT2D eigenvalue weighted by Crippen LogP contribution is 2.48. The van der Waals surface area contributed by atoms with Crippen LogP contribution >= 0.6 is 0 Å². The van der Waals surface area contributed by atoms with Crippen molar-refractivity contribution in [3.63, 3.8) is 0 Å². The molecular weight excluding hydrogens is 442 g/mol. The molecule has 4 aliphatic rings. The highest BCUT2D eigenvalue weighted by molar-refractivity contribution is 5.89. The number of fused-ring (bicyclic) bond motifs is 5. The Hall–Kier alpha value is -4.14. The van der Waals surface area contributed by atoms with E-state index in [0.717, 1.165) is 36.0 Å². The molecule has 9 nitrogen and oxygen atoms in total. The van der Waals surface area contributed by atoms with Crippen LogP contribution in [0.3, 0.4) is 0 Å². The van der Waals surface area contributed by atoms with Gasteiger partial charge in [0.05, 0.1) is 14.2 Å². The van der Waals surface area contributed by atoms with Crippen molar-refractivity contribution in [2.24, 2.45) is 5.92 Å². The molecule has 1 saturated heterocycles. The Kier molecular flexibility index (Phi) is 6.36. The fourth-order valence-corrected chi connectivity index (χ4v) is 4.50. The molecule has 34 heavy (non-hydrogen) atoms. The van der Waals surface area contributed by atoms with Crippen molar-refractivity contribution in [1.82, 2.24) is 4.90 Å². The van der Waals surface area contributed by atoms with Crippen LogP contribution in [0.5, 0.6) is 11.5 Å². The Bertz CT molecular complexity index is 1170. The first-order valence-corrected chi connectivity index (χ1v) is 10.5. The molecule has 1 aromatic rings. The van der Waals surface area contributed by atoms with Gasteiger partial charge in [-0.1, -0.05) is 6.08 Å². The van der Waals surface area contributed by atoms with Gasteiger partial charge in [-0.15, -0.1) is 0 Å². The zero-order valence-electron chi connectivity index (χ0n) is 19.0. The molecule has 0 aromatic heterocycles. The van der Waals surface area contributed by atoms with Crippen molar-refractivity contribution in [2.75, 3.05) is 28.1 Å². The average molecular weight is 467 g/mol. The molecule has 178 valence electrons. The first-order valence-electron chi connectivity index (χ1n) is 10.5. The highest BCUT2D eigenvalue weighted by atomic mass is 16.7. The summed E-state index contributed by atoms with van der Waals surface area (Å²) in [5.41, 5.74) is 6.48. The lowest BCUT2D eigenvalue weighted by molar-refractivity contribution is -0.134. The maximum Gasteiger partial charge on any atom is 0.328 e. The Balaban J connectivity index is 0.000000297. The molecule has 0 spiro atoms. The lowest BCUT2D eigenvalue weighted by Gasteiger charge is -2.39. The monoisotopic (exact) mass is 467 g/mol. The third kappa shape index (κ3) is 4.36. The van der Waals surface area contributed by atoms with E-state index in [1.807, 2.05) is 0 Å². The summed E-state index contributed by atoms with van der Waals surface area (Å²) >= 11 is 0. The number of carbonyl (C=O) groups is 2. The number of methoxy groups -OCH3 is 2. The highest BCUT2D eigenvalue weighted by Gasteiger charge is 2.36. The van der Waals surface area contributed by atoms with Gasteiger partial charge in [-0.25, -0.2) is 9.59 Å². The molecule has 9 heteroatoms. The van der Waals surface area contributed by atoms with Crippen LogP contribution in [0.4, 0.5) is 0 Å². The number of allylic oxidation sites excluding steroid dienone is 4. The number of ether oxygens (including phenoxy) is 4. The molecule has 0 amide bonds. The molecule has 5 rings (SSSR count). The molecule has 2 N–H and O–H groups in total. The first kappa shape index (κ1) is 23.0. The molecule has 0 bridgehead atoms. The van der Waals surface area contributed by atoms with Gasteiger partial charge >= 0.3 is 11.9 Å². The number of carboxylic acid groups (broad SMARTS) is 2. The zero-order valence-corrected chi connectivity index (χ0v) is 19.0. The van der Waals surface area contributed by atoms with Crippen molar-refractivity contribution in [3.8, 4) is 11.5 Å². The molecule has 0 saturated carbocycles. The van der Waals surface area contributed by atoms with Crippen molar-refractivity contribution >= 4 is 17.5 Å². The van der Waals surface area contributed by atoms with Crippen LogP contribution in [0.15, 0.2) is 65.3 Å². The van der Waals surface area contributed by atoms with Crippen molar-refractivity contribution in [2.45, 2.75) is 13.0 Å². The van der Waals surface area contributed by atoms with Gasteiger partial charge in [0.1, 0.15) is 0 Å². The molecule has 2 heterocycles. The van der Waals surface area contributed by atoms with Gasteiger partial charge in [-0.05, 0) is 53.0 Å². The molecule has 1 atom stereocenters. The Morgan fingerprint density at radius 2 is 1.71 bits per heavy atom. The Morgan fingerprint density at radius 1 is 1.06 bits per heavy atom. The summed E-state index contributed by atoms with van der Waals surface area (Å²) in [4.78, 5) is 21.4. The second-order valence-electron chi connectivity index (χ2n) is 7.93. The van der Waals surface area contributed by atoms with Crippen molar-refractivity contribution < 1.29 is 38.7 Å². The first-order chi connectivity index (χ1) is 16.3. The number of aliphatic carboxylic acids is 2. The van der Waals surface area contributed by atoms with Gasteiger partial charge in [0, 0.05) is 37.4 Å². The average Bonchev–Trinajstić information content (AvgIpc) is 3.28. The van der Waals surface area contributed by atoms with Gasteiger partial charge in [0.15, 0.2) is 23.0 Å². The second-order valence-corrected chi connectivity index (χ2v) is 7.93. The van der Waals surface area contributed by atoms with E-state index in [0.29, 0.717) is 18.9 Å². The predicted molar refractivity (Wildman–Crippen MR) is 122 cm³/mol. The lowest BCUT2D eigenvalue weighted by atomic mass is 9.77. The number of hydrogen-bond donors (Lipinski definition) is 2. The summed E-state index contributed by atoms with van der Waals surface area (Å²) < 4.78 is 22.2. The van der Waals surface area contributed by atoms with Crippen LogP contribution in [0, 0.1) is 5.92 Å². The van der Waals surface area contributed by atoms with Gasteiger partial charge in [-0.2, -0.15) is 0 Å². The number of hydrogen-bond acceptors (Lipinski definition) is 7. The molecule has 2 aliphatic carbocycles. The maximum atomic E-state index is 9.55. The number of nitrogens with zero attached hydrogens (tertiary/aromatic N) is 1. The predicted octanol–water partition coefficient (Wildman–Crippen LogP) is 3.30. The minimum Gasteiger partial charge on any atom is -0.493 e. The third-order valence-corrected chi connectivity index (χ3v) is 5.91. The zero-order chi connectivity index (χ0) is 24.4. The van der Waals surface area contributed by atoms with Crippen LogP contribution in [-0.4, -0.2) is 55.1 Å². The van der Waals surface area contributed by atoms with E-state index in [-0.39, 0.29) is 5.92 Å². The third-order valence-electron chi connectivity index (χ3n) is 5.91. The number of rotatable bonds is 4. The summed E-state index contributed by atoms with van der Waals surface area (Å²) in [5, 5.41) is 15.6. The lowest BCUT2D eigenvalue weighted by Crippen LogP contribution is -2.31. The summed E-state index contributed by atoms with van der Waals surface area (Å²) in [7, 11) is 5.52. The standard InChI is InChI=1S/C21H21NO4.C4H4O4/c1-22-10-13-7-17(23-2)18(24-3)8-15(13)14-5-4-12-6-19-20(26-11-25-19)9-16(12)21(14)22;5-3(6)1-2-4(7)8/h4,6-9,16H,5,10-11H2,1-3H3;1-2H,(H,5,6)(H,7,8)/b;2-1+.